The van der Waals surface area contributed by atoms with E-state index in [2.05, 4.69) is 21.2 Å². The van der Waals surface area contributed by atoms with E-state index in [4.69, 9.17) is 0 Å². The van der Waals surface area contributed by atoms with E-state index in [1.165, 1.54) is 18.4 Å². The van der Waals surface area contributed by atoms with Gasteiger partial charge in [0.15, 0.2) is 23.3 Å². The third-order valence-corrected chi connectivity index (χ3v) is 4.62. The molecule has 0 bridgehead atoms. The number of benzene rings is 1. The lowest BCUT2D eigenvalue weighted by atomic mass is 10.0. The second-order valence-electron chi connectivity index (χ2n) is 4.23. The molecule has 8 heteroatoms. The summed E-state index contributed by atoms with van der Waals surface area (Å²) in [6.45, 7) is 0. The minimum absolute atomic E-state index is 0.102. The fourth-order valence-electron chi connectivity index (χ4n) is 1.94. The number of hydrogen-bond donors (Lipinski definition) is 1. The summed E-state index contributed by atoms with van der Waals surface area (Å²) in [5.41, 5.74) is -0.849. The molecule has 0 aliphatic rings. The monoisotopic (exact) mass is 385 g/mol. The van der Waals surface area contributed by atoms with Crippen molar-refractivity contribution < 1.29 is 22.0 Å². The topological polar surface area (TPSA) is 12.0 Å². The summed E-state index contributed by atoms with van der Waals surface area (Å²) >= 11 is 4.56. The van der Waals surface area contributed by atoms with Crippen molar-refractivity contribution in [3.8, 4) is 0 Å². The van der Waals surface area contributed by atoms with Crippen molar-refractivity contribution in [2.24, 2.45) is 0 Å². The van der Waals surface area contributed by atoms with Crippen molar-refractivity contribution in [1.29, 1.82) is 0 Å². The zero-order chi connectivity index (χ0) is 15.7. The van der Waals surface area contributed by atoms with Gasteiger partial charge in [-0.1, -0.05) is 0 Å². The highest BCUT2D eigenvalue weighted by atomic mass is 79.9. The molecule has 0 aliphatic carbocycles. The third-order valence-electron chi connectivity index (χ3n) is 2.97. The van der Waals surface area contributed by atoms with Gasteiger partial charge in [-0.3, -0.25) is 0 Å². The van der Waals surface area contributed by atoms with Crippen LogP contribution in [0.4, 0.5) is 22.0 Å². The van der Waals surface area contributed by atoms with E-state index in [0.29, 0.717) is 0 Å². The normalized spacial score (nSPS) is 12.7. The molecule has 1 nitrogen and oxygen atoms in total. The summed E-state index contributed by atoms with van der Waals surface area (Å²) in [7, 11) is 1.39. The van der Waals surface area contributed by atoms with Crippen LogP contribution in [0.1, 0.15) is 16.5 Å². The van der Waals surface area contributed by atoms with Crippen molar-refractivity contribution in [2.75, 3.05) is 7.05 Å². The molecule has 2 aromatic rings. The van der Waals surface area contributed by atoms with Crippen molar-refractivity contribution in [2.45, 2.75) is 12.5 Å². The molecule has 0 fully saturated rings. The number of halogens is 6. The van der Waals surface area contributed by atoms with Crippen LogP contribution in [0.3, 0.4) is 0 Å². The SMILES string of the molecule is CNC(Cc1ccc(Br)s1)c1c(F)c(F)c(F)c(F)c1F. The molecule has 0 amide bonds. The molecule has 114 valence electrons. The minimum Gasteiger partial charge on any atom is -0.313 e. The molecule has 21 heavy (non-hydrogen) atoms. The zero-order valence-corrected chi connectivity index (χ0v) is 13.0. The Labute approximate surface area is 129 Å². The van der Waals surface area contributed by atoms with Crippen LogP contribution in [0.15, 0.2) is 15.9 Å². The standard InChI is InChI=1S/C13H9BrF5NS/c1-20-6(4-5-2-3-7(14)21-5)8-9(15)11(17)13(19)12(18)10(8)16/h2-3,6,20H,4H2,1H3. The highest BCUT2D eigenvalue weighted by Gasteiger charge is 2.30. The van der Waals surface area contributed by atoms with Crippen LogP contribution in [0, 0.1) is 29.1 Å². The average Bonchev–Trinajstić information content (AvgIpc) is 2.87. The van der Waals surface area contributed by atoms with Gasteiger partial charge in [-0.15, -0.1) is 11.3 Å². The Morgan fingerprint density at radius 1 is 1.00 bits per heavy atom. The quantitative estimate of drug-likeness (QED) is 0.456. The number of hydrogen-bond acceptors (Lipinski definition) is 2. The van der Waals surface area contributed by atoms with Gasteiger partial charge in [0.1, 0.15) is 0 Å². The molecule has 0 saturated carbocycles. The fourth-order valence-corrected chi connectivity index (χ4v) is 3.47. The molecular formula is C13H9BrF5NS. The highest BCUT2D eigenvalue weighted by molar-refractivity contribution is 9.11. The molecule has 1 atom stereocenters. The summed E-state index contributed by atoms with van der Waals surface area (Å²) in [4.78, 5) is 0.741. The first kappa shape index (κ1) is 16.4. The van der Waals surface area contributed by atoms with Gasteiger partial charge in [-0.25, -0.2) is 22.0 Å². The summed E-state index contributed by atoms with van der Waals surface area (Å²) in [5, 5.41) is 2.59. The lowest BCUT2D eigenvalue weighted by Crippen LogP contribution is -2.23. The molecule has 1 aromatic carbocycles. The van der Waals surface area contributed by atoms with E-state index in [9.17, 15) is 22.0 Å². The second kappa shape index (κ2) is 6.41. The summed E-state index contributed by atoms with van der Waals surface area (Å²) < 4.78 is 67.9. The van der Waals surface area contributed by atoms with E-state index >= 15 is 0 Å². The van der Waals surface area contributed by atoms with Crippen molar-refractivity contribution in [1.82, 2.24) is 5.32 Å². The fraction of sp³-hybridized carbons (Fsp3) is 0.231. The van der Waals surface area contributed by atoms with Crippen LogP contribution in [0.2, 0.25) is 0 Å². The van der Waals surface area contributed by atoms with E-state index in [-0.39, 0.29) is 6.42 Å². The molecule has 0 spiro atoms. The predicted molar refractivity (Wildman–Crippen MR) is 73.8 cm³/mol. The van der Waals surface area contributed by atoms with Crippen LogP contribution in [-0.2, 0) is 6.42 Å². The molecule has 2 rings (SSSR count). The van der Waals surface area contributed by atoms with Crippen molar-refractivity contribution >= 4 is 27.3 Å². The van der Waals surface area contributed by atoms with E-state index in [1.54, 1.807) is 12.1 Å². The molecule has 0 saturated heterocycles. The van der Waals surface area contributed by atoms with Gasteiger partial charge < -0.3 is 5.32 Å². The maximum Gasteiger partial charge on any atom is 0.200 e. The number of thiophene rings is 1. The van der Waals surface area contributed by atoms with E-state index in [1.807, 2.05) is 0 Å². The lowest BCUT2D eigenvalue weighted by molar-refractivity contribution is 0.358. The molecular weight excluding hydrogens is 377 g/mol. The Hall–Kier alpha value is -0.990. The Balaban J connectivity index is 2.47. The van der Waals surface area contributed by atoms with Crippen LogP contribution < -0.4 is 5.32 Å². The third kappa shape index (κ3) is 3.12. The number of nitrogens with one attached hydrogen (secondary N) is 1. The largest absolute Gasteiger partial charge is 0.313 e. The Bertz CT molecular complexity index is 644. The molecule has 1 N–H and O–H groups in total. The molecule has 1 unspecified atom stereocenters. The Morgan fingerprint density at radius 2 is 1.52 bits per heavy atom. The number of rotatable bonds is 4. The van der Waals surface area contributed by atoms with Crippen LogP contribution >= 0.6 is 27.3 Å². The first-order valence-electron chi connectivity index (χ1n) is 5.79. The van der Waals surface area contributed by atoms with Crippen LogP contribution in [0.5, 0.6) is 0 Å². The molecule has 0 radical (unpaired) electrons. The highest BCUT2D eigenvalue weighted by Crippen LogP contribution is 2.32. The summed E-state index contributed by atoms with van der Waals surface area (Å²) in [6.07, 6.45) is 0.102. The molecule has 1 heterocycles. The number of likely N-dealkylation sites (N-methyl/N-ethyl adjacent to an activating group) is 1. The first-order chi connectivity index (χ1) is 9.86. The van der Waals surface area contributed by atoms with Gasteiger partial charge in [-0.2, -0.15) is 0 Å². The predicted octanol–water partition coefficient (Wildman–Crippen LogP) is 4.71. The minimum atomic E-state index is -2.15. The Morgan fingerprint density at radius 3 is 1.95 bits per heavy atom. The lowest BCUT2D eigenvalue weighted by Gasteiger charge is -2.18. The molecule has 0 aliphatic heterocycles. The Kier molecular flexibility index (Phi) is 5.00. The van der Waals surface area contributed by atoms with Gasteiger partial charge in [-0.05, 0) is 35.1 Å². The summed E-state index contributed by atoms with van der Waals surface area (Å²) in [6, 6.07) is 2.43. The van der Waals surface area contributed by atoms with E-state index < -0.39 is 40.7 Å². The maximum absolute atomic E-state index is 13.8. The first-order valence-corrected chi connectivity index (χ1v) is 7.40. The van der Waals surface area contributed by atoms with Crippen LogP contribution in [-0.4, -0.2) is 7.05 Å². The zero-order valence-electron chi connectivity index (χ0n) is 10.6. The smallest absolute Gasteiger partial charge is 0.200 e. The van der Waals surface area contributed by atoms with E-state index in [0.717, 1.165) is 8.66 Å². The van der Waals surface area contributed by atoms with Crippen LogP contribution in [0.25, 0.3) is 0 Å². The van der Waals surface area contributed by atoms with Crippen molar-refractivity contribution in [3.63, 3.8) is 0 Å². The van der Waals surface area contributed by atoms with Gasteiger partial charge >= 0.3 is 0 Å². The second-order valence-corrected chi connectivity index (χ2v) is 6.78. The average molecular weight is 386 g/mol. The van der Waals surface area contributed by atoms with Gasteiger partial charge in [0.05, 0.1) is 3.79 Å². The van der Waals surface area contributed by atoms with Crippen molar-refractivity contribution in [3.05, 3.63) is 55.4 Å². The van der Waals surface area contributed by atoms with Gasteiger partial charge in [0, 0.05) is 22.9 Å². The van der Waals surface area contributed by atoms with Gasteiger partial charge in [0.2, 0.25) is 5.82 Å². The molecule has 1 aromatic heterocycles. The maximum atomic E-state index is 13.8. The summed E-state index contributed by atoms with van der Waals surface area (Å²) in [5.74, 6) is -9.63. The van der Waals surface area contributed by atoms with Gasteiger partial charge in [0.25, 0.3) is 0 Å².